The van der Waals surface area contributed by atoms with Crippen molar-refractivity contribution in [2.24, 2.45) is 0 Å². The highest BCUT2D eigenvalue weighted by molar-refractivity contribution is 5.85. The smallest absolute Gasteiger partial charge is 0.305 e. The molecule has 0 aliphatic heterocycles. The first-order valence-electron chi connectivity index (χ1n) is 9.95. The first-order chi connectivity index (χ1) is 14.6. The maximum Gasteiger partial charge on any atom is 0.305 e. The number of H-pyrrole nitrogens is 1. The Morgan fingerprint density at radius 1 is 1.13 bits per heavy atom. The number of rotatable bonds is 8. The molecule has 4 rings (SSSR count). The Hall–Kier alpha value is -3.54. The van der Waals surface area contributed by atoms with Crippen LogP contribution in [0.4, 0.5) is 0 Å². The molecule has 0 radical (unpaired) electrons. The van der Waals surface area contributed by atoms with E-state index in [4.69, 9.17) is 13.9 Å². The molecule has 4 aromatic rings. The van der Waals surface area contributed by atoms with Crippen molar-refractivity contribution in [1.29, 1.82) is 0 Å². The molecule has 2 aromatic carbocycles. The second-order valence-electron chi connectivity index (χ2n) is 7.08. The van der Waals surface area contributed by atoms with Gasteiger partial charge in [-0.3, -0.25) is 4.79 Å². The van der Waals surface area contributed by atoms with Gasteiger partial charge in [0.05, 0.1) is 19.4 Å². The minimum atomic E-state index is -0.213. The van der Waals surface area contributed by atoms with Crippen LogP contribution in [0.1, 0.15) is 23.4 Å². The number of hydrogen-bond donors (Lipinski definition) is 1. The summed E-state index contributed by atoms with van der Waals surface area (Å²) in [6.07, 6.45) is 3.56. The van der Waals surface area contributed by atoms with Gasteiger partial charge in [-0.2, -0.15) is 0 Å². The highest BCUT2D eigenvalue weighted by Gasteiger charge is 2.12. The predicted octanol–water partition coefficient (Wildman–Crippen LogP) is 4.86. The Labute approximate surface area is 174 Å². The van der Waals surface area contributed by atoms with Crippen molar-refractivity contribution in [2.45, 2.75) is 26.2 Å². The van der Waals surface area contributed by atoms with E-state index in [1.807, 2.05) is 61.7 Å². The maximum absolute atomic E-state index is 11.4. The summed E-state index contributed by atoms with van der Waals surface area (Å²) in [4.78, 5) is 19.3. The summed E-state index contributed by atoms with van der Waals surface area (Å²) >= 11 is 0. The number of fused-ring (bicyclic) bond motifs is 1. The molecule has 6 nitrogen and oxygen atoms in total. The second-order valence-corrected chi connectivity index (χ2v) is 7.08. The monoisotopic (exact) mass is 404 g/mol. The van der Waals surface area contributed by atoms with Crippen LogP contribution in [-0.4, -0.2) is 29.7 Å². The SMILES string of the molecule is COC(=O)CCc1c[nH]c2ccc(OCCc3nc(-c4ccccc4)oc3C)cc12. The normalized spacial score (nSPS) is 11.0. The second kappa shape index (κ2) is 8.86. The van der Waals surface area contributed by atoms with Gasteiger partial charge in [-0.15, -0.1) is 0 Å². The Balaban J connectivity index is 1.40. The van der Waals surface area contributed by atoms with E-state index in [0.717, 1.165) is 39.2 Å². The minimum absolute atomic E-state index is 0.213. The van der Waals surface area contributed by atoms with Crippen LogP contribution in [0.5, 0.6) is 5.75 Å². The molecule has 0 saturated carbocycles. The number of nitrogens with one attached hydrogen (secondary N) is 1. The van der Waals surface area contributed by atoms with Crippen LogP contribution in [0.3, 0.4) is 0 Å². The van der Waals surface area contributed by atoms with Gasteiger partial charge in [0.2, 0.25) is 5.89 Å². The summed E-state index contributed by atoms with van der Waals surface area (Å²) in [5, 5.41) is 1.06. The number of benzene rings is 2. The van der Waals surface area contributed by atoms with Crippen LogP contribution in [0.15, 0.2) is 59.1 Å². The average Bonchev–Trinajstić information content (AvgIpc) is 3.35. The predicted molar refractivity (Wildman–Crippen MR) is 115 cm³/mol. The van der Waals surface area contributed by atoms with Gasteiger partial charge in [0.1, 0.15) is 11.5 Å². The van der Waals surface area contributed by atoms with Gasteiger partial charge in [-0.1, -0.05) is 18.2 Å². The van der Waals surface area contributed by atoms with Crippen LogP contribution in [0.25, 0.3) is 22.4 Å². The van der Waals surface area contributed by atoms with E-state index in [-0.39, 0.29) is 5.97 Å². The van der Waals surface area contributed by atoms with E-state index in [0.29, 0.717) is 31.8 Å². The third-order valence-electron chi connectivity index (χ3n) is 5.09. The van der Waals surface area contributed by atoms with Crippen molar-refractivity contribution in [1.82, 2.24) is 9.97 Å². The van der Waals surface area contributed by atoms with E-state index < -0.39 is 0 Å². The highest BCUT2D eigenvalue weighted by Crippen LogP contribution is 2.26. The molecular formula is C24H24N2O4. The first-order valence-corrected chi connectivity index (χ1v) is 9.95. The third-order valence-corrected chi connectivity index (χ3v) is 5.09. The Morgan fingerprint density at radius 2 is 1.97 bits per heavy atom. The van der Waals surface area contributed by atoms with Gasteiger partial charge in [0.15, 0.2) is 0 Å². The van der Waals surface area contributed by atoms with E-state index in [1.54, 1.807) is 0 Å². The zero-order valence-corrected chi connectivity index (χ0v) is 17.1. The zero-order valence-electron chi connectivity index (χ0n) is 17.1. The molecule has 0 bridgehead atoms. The molecule has 0 fully saturated rings. The molecule has 2 heterocycles. The van der Waals surface area contributed by atoms with Gasteiger partial charge in [-0.05, 0) is 49.2 Å². The quantitative estimate of drug-likeness (QED) is 0.425. The van der Waals surface area contributed by atoms with Crippen LogP contribution in [-0.2, 0) is 22.4 Å². The summed E-state index contributed by atoms with van der Waals surface area (Å²) in [6.45, 7) is 2.42. The van der Waals surface area contributed by atoms with Gasteiger partial charge in [0.25, 0.3) is 0 Å². The van der Waals surface area contributed by atoms with E-state index in [2.05, 4.69) is 9.97 Å². The number of aromatic nitrogens is 2. The van der Waals surface area contributed by atoms with Crippen molar-refractivity contribution in [3.05, 3.63) is 71.7 Å². The third kappa shape index (κ3) is 4.38. The molecule has 2 aromatic heterocycles. The molecule has 0 aliphatic rings. The van der Waals surface area contributed by atoms with Crippen molar-refractivity contribution < 1.29 is 18.7 Å². The van der Waals surface area contributed by atoms with Crippen molar-refractivity contribution in [3.63, 3.8) is 0 Å². The number of nitrogens with zero attached hydrogens (tertiary/aromatic N) is 1. The molecule has 0 spiro atoms. The summed E-state index contributed by atoms with van der Waals surface area (Å²) < 4.78 is 16.5. The van der Waals surface area contributed by atoms with Crippen molar-refractivity contribution >= 4 is 16.9 Å². The van der Waals surface area contributed by atoms with Gasteiger partial charge in [0, 0.05) is 35.5 Å². The summed E-state index contributed by atoms with van der Waals surface area (Å²) in [7, 11) is 1.41. The lowest BCUT2D eigenvalue weighted by Crippen LogP contribution is -2.03. The highest BCUT2D eigenvalue weighted by atomic mass is 16.5. The van der Waals surface area contributed by atoms with Gasteiger partial charge in [-0.25, -0.2) is 4.98 Å². The van der Waals surface area contributed by atoms with Crippen LogP contribution >= 0.6 is 0 Å². The number of aryl methyl sites for hydroxylation is 2. The van der Waals surface area contributed by atoms with Crippen molar-refractivity contribution in [2.75, 3.05) is 13.7 Å². The number of carbonyl (C=O) groups excluding carboxylic acids is 1. The summed E-state index contributed by atoms with van der Waals surface area (Å²) in [5.74, 6) is 2.01. The summed E-state index contributed by atoms with van der Waals surface area (Å²) in [6, 6.07) is 15.8. The largest absolute Gasteiger partial charge is 0.493 e. The zero-order chi connectivity index (χ0) is 20.9. The maximum atomic E-state index is 11.4. The minimum Gasteiger partial charge on any atom is -0.493 e. The number of ether oxygens (including phenoxy) is 2. The first kappa shape index (κ1) is 19.8. The van der Waals surface area contributed by atoms with Gasteiger partial charge >= 0.3 is 5.97 Å². The van der Waals surface area contributed by atoms with E-state index >= 15 is 0 Å². The molecule has 30 heavy (non-hydrogen) atoms. The molecule has 154 valence electrons. The topological polar surface area (TPSA) is 77.4 Å². The molecule has 0 saturated heterocycles. The lowest BCUT2D eigenvalue weighted by Gasteiger charge is -2.06. The molecule has 0 amide bonds. The van der Waals surface area contributed by atoms with Crippen LogP contribution < -0.4 is 4.74 Å². The van der Waals surface area contributed by atoms with Crippen LogP contribution in [0, 0.1) is 6.92 Å². The molecule has 0 aliphatic carbocycles. The fraction of sp³-hybridized carbons (Fsp3) is 0.250. The Morgan fingerprint density at radius 3 is 2.77 bits per heavy atom. The number of esters is 1. The van der Waals surface area contributed by atoms with Crippen molar-refractivity contribution in [3.8, 4) is 17.2 Å². The molecule has 1 N–H and O–H groups in total. The van der Waals surface area contributed by atoms with Crippen LogP contribution in [0.2, 0.25) is 0 Å². The lowest BCUT2D eigenvalue weighted by atomic mass is 10.1. The number of methoxy groups -OCH3 is 1. The molecule has 6 heteroatoms. The number of aromatic amines is 1. The van der Waals surface area contributed by atoms with E-state index in [1.165, 1.54) is 7.11 Å². The standard InChI is InChI=1S/C24H24N2O4/c1-16-21(26-24(30-16)17-6-4-3-5-7-17)12-13-29-19-9-10-22-20(14-19)18(15-25-22)8-11-23(27)28-2/h3-7,9-10,14-15,25H,8,11-13H2,1-2H3. The molecular weight excluding hydrogens is 380 g/mol. The fourth-order valence-corrected chi connectivity index (χ4v) is 3.42. The molecule has 0 atom stereocenters. The number of oxazole rings is 1. The molecule has 0 unspecified atom stereocenters. The Bertz CT molecular complexity index is 1140. The Kier molecular flexibility index (Phi) is 5.84. The lowest BCUT2D eigenvalue weighted by molar-refractivity contribution is -0.140. The van der Waals surface area contributed by atoms with E-state index in [9.17, 15) is 4.79 Å². The average molecular weight is 404 g/mol. The fourth-order valence-electron chi connectivity index (χ4n) is 3.42. The summed E-state index contributed by atoms with van der Waals surface area (Å²) in [5.41, 5.74) is 3.95. The number of hydrogen-bond acceptors (Lipinski definition) is 5. The number of carbonyl (C=O) groups is 1. The van der Waals surface area contributed by atoms with Gasteiger partial charge < -0.3 is 18.9 Å².